The molecule has 2 aromatic rings. The molecule has 1 atom stereocenters. The molecule has 1 N–H and O–H groups in total. The third kappa shape index (κ3) is 2.93. The van der Waals surface area contributed by atoms with Crippen LogP contribution in [0.2, 0.25) is 0 Å². The van der Waals surface area contributed by atoms with Crippen molar-refractivity contribution in [2.45, 2.75) is 6.04 Å². The largest absolute Gasteiger partial charge is 0.496 e. The third-order valence-electron chi connectivity index (χ3n) is 2.35. The number of nitrogens with one attached hydrogen (secondary N) is 1. The van der Waals surface area contributed by atoms with Crippen LogP contribution >= 0.6 is 54.5 Å². The molecule has 0 amide bonds. The van der Waals surface area contributed by atoms with Gasteiger partial charge >= 0.3 is 0 Å². The molecule has 92 valence electrons. The Morgan fingerprint density at radius 2 is 2.06 bits per heavy atom. The fraction of sp³-hybridized carbons (Fsp3) is 0.273. The summed E-state index contributed by atoms with van der Waals surface area (Å²) >= 11 is 10.5. The Bertz CT molecular complexity index is 490. The molecule has 17 heavy (non-hydrogen) atoms. The molecular weight excluding hydrogens is 386 g/mol. The van der Waals surface area contributed by atoms with Crippen molar-refractivity contribution in [2.24, 2.45) is 0 Å². The highest BCUT2D eigenvalue weighted by molar-refractivity contribution is 9.13. The van der Waals surface area contributed by atoms with Crippen LogP contribution in [-0.2, 0) is 0 Å². The maximum atomic E-state index is 5.22. The summed E-state index contributed by atoms with van der Waals surface area (Å²) in [5.41, 5.74) is 0. The van der Waals surface area contributed by atoms with Crippen LogP contribution in [0.4, 0.5) is 0 Å². The number of hydrogen-bond donors (Lipinski definition) is 1. The number of ether oxygens (including phenoxy) is 1. The van der Waals surface area contributed by atoms with E-state index in [1.165, 1.54) is 9.75 Å². The zero-order chi connectivity index (χ0) is 12.4. The summed E-state index contributed by atoms with van der Waals surface area (Å²) in [6.07, 6.45) is 0. The second-order valence-electron chi connectivity index (χ2n) is 3.38. The van der Waals surface area contributed by atoms with Crippen molar-refractivity contribution in [1.29, 1.82) is 0 Å². The molecule has 1 unspecified atom stereocenters. The van der Waals surface area contributed by atoms with Crippen molar-refractivity contribution >= 4 is 54.5 Å². The molecule has 0 fully saturated rings. The van der Waals surface area contributed by atoms with Gasteiger partial charge in [0.1, 0.15) is 5.75 Å². The van der Waals surface area contributed by atoms with Crippen LogP contribution < -0.4 is 10.1 Å². The molecule has 2 rings (SSSR count). The van der Waals surface area contributed by atoms with Crippen LogP contribution in [-0.4, -0.2) is 14.2 Å². The number of rotatable bonds is 4. The lowest BCUT2D eigenvalue weighted by Gasteiger charge is -2.11. The molecule has 0 radical (unpaired) electrons. The minimum atomic E-state index is 0.219. The maximum Gasteiger partial charge on any atom is 0.129 e. The lowest BCUT2D eigenvalue weighted by atomic mass is 10.2. The Balaban J connectivity index is 2.32. The van der Waals surface area contributed by atoms with Gasteiger partial charge in [-0.05, 0) is 51.0 Å². The van der Waals surface area contributed by atoms with E-state index in [0.717, 1.165) is 14.0 Å². The topological polar surface area (TPSA) is 21.3 Å². The summed E-state index contributed by atoms with van der Waals surface area (Å²) in [5, 5.41) is 5.36. The summed E-state index contributed by atoms with van der Waals surface area (Å²) in [5.74, 6) is 0.917. The number of hydrogen-bond acceptors (Lipinski definition) is 4. The molecular formula is C11H11Br2NOS2. The number of methoxy groups -OCH3 is 1. The Morgan fingerprint density at radius 3 is 2.53 bits per heavy atom. The van der Waals surface area contributed by atoms with Crippen molar-refractivity contribution < 1.29 is 4.74 Å². The first-order chi connectivity index (χ1) is 8.15. The highest BCUT2D eigenvalue weighted by Gasteiger charge is 2.18. The van der Waals surface area contributed by atoms with E-state index < -0.39 is 0 Å². The van der Waals surface area contributed by atoms with E-state index in [9.17, 15) is 0 Å². The molecule has 2 nitrogen and oxygen atoms in total. The summed E-state index contributed by atoms with van der Waals surface area (Å²) in [6.45, 7) is 0. The molecule has 2 aromatic heterocycles. The van der Waals surface area contributed by atoms with E-state index in [1.807, 2.05) is 12.4 Å². The van der Waals surface area contributed by atoms with E-state index in [-0.39, 0.29) is 6.04 Å². The van der Waals surface area contributed by atoms with Crippen molar-refractivity contribution in [1.82, 2.24) is 5.32 Å². The van der Waals surface area contributed by atoms with Gasteiger partial charge in [0.05, 0.1) is 16.9 Å². The molecule has 0 saturated carbocycles. The van der Waals surface area contributed by atoms with Gasteiger partial charge in [0, 0.05) is 19.6 Å². The minimum Gasteiger partial charge on any atom is -0.496 e. The quantitative estimate of drug-likeness (QED) is 0.811. The van der Waals surface area contributed by atoms with Gasteiger partial charge in [0.25, 0.3) is 0 Å². The lowest BCUT2D eigenvalue weighted by Crippen LogP contribution is -2.14. The molecule has 2 heterocycles. The van der Waals surface area contributed by atoms with Gasteiger partial charge in [0.2, 0.25) is 0 Å². The number of halogens is 2. The van der Waals surface area contributed by atoms with E-state index in [4.69, 9.17) is 4.74 Å². The van der Waals surface area contributed by atoms with Gasteiger partial charge in [-0.15, -0.1) is 22.7 Å². The fourth-order valence-corrected chi connectivity index (χ4v) is 4.80. The first-order valence-electron chi connectivity index (χ1n) is 4.90. The summed E-state index contributed by atoms with van der Waals surface area (Å²) < 4.78 is 7.44. The van der Waals surface area contributed by atoms with Crippen LogP contribution in [0.3, 0.4) is 0 Å². The first kappa shape index (κ1) is 13.5. The molecule has 0 aromatic carbocycles. The SMILES string of the molecule is CNC(c1cc(OC)cs1)c1cc(Br)c(Br)s1. The van der Waals surface area contributed by atoms with Crippen molar-refractivity contribution in [2.75, 3.05) is 14.2 Å². The maximum absolute atomic E-state index is 5.22. The summed E-state index contributed by atoms with van der Waals surface area (Å²) in [7, 11) is 3.66. The number of thiophene rings is 2. The minimum absolute atomic E-state index is 0.219. The highest BCUT2D eigenvalue weighted by atomic mass is 79.9. The Hall–Kier alpha value is 0.120. The van der Waals surface area contributed by atoms with Gasteiger partial charge in [-0.2, -0.15) is 0 Å². The second kappa shape index (κ2) is 5.84. The van der Waals surface area contributed by atoms with Crippen LogP contribution in [0.15, 0.2) is 25.8 Å². The molecule has 6 heteroatoms. The van der Waals surface area contributed by atoms with E-state index >= 15 is 0 Å². The summed E-state index contributed by atoms with van der Waals surface area (Å²) in [6, 6.07) is 4.44. The van der Waals surface area contributed by atoms with Crippen LogP contribution in [0.1, 0.15) is 15.8 Å². The Labute approximate surface area is 125 Å². The van der Waals surface area contributed by atoms with Gasteiger partial charge in [-0.25, -0.2) is 0 Å². The molecule has 0 aliphatic rings. The van der Waals surface area contributed by atoms with Crippen LogP contribution in [0, 0.1) is 0 Å². The zero-order valence-corrected chi connectivity index (χ0v) is 14.1. The van der Waals surface area contributed by atoms with Crippen molar-refractivity contribution in [3.63, 3.8) is 0 Å². The molecule has 0 spiro atoms. The monoisotopic (exact) mass is 395 g/mol. The first-order valence-corrected chi connectivity index (χ1v) is 8.18. The van der Waals surface area contributed by atoms with Gasteiger partial charge in [-0.1, -0.05) is 0 Å². The third-order valence-corrected chi connectivity index (χ3v) is 6.65. The molecule has 0 aliphatic heterocycles. The molecule has 0 saturated heterocycles. The fourth-order valence-electron chi connectivity index (χ4n) is 1.52. The second-order valence-corrected chi connectivity index (χ2v) is 7.58. The zero-order valence-electron chi connectivity index (χ0n) is 9.29. The van der Waals surface area contributed by atoms with Crippen molar-refractivity contribution in [3.8, 4) is 5.75 Å². The summed E-state index contributed by atoms with van der Waals surface area (Å²) in [4.78, 5) is 2.53. The average molecular weight is 397 g/mol. The van der Waals surface area contributed by atoms with Crippen LogP contribution in [0.25, 0.3) is 0 Å². The average Bonchev–Trinajstić information content (AvgIpc) is 2.89. The van der Waals surface area contributed by atoms with Crippen molar-refractivity contribution in [3.05, 3.63) is 35.5 Å². The molecule has 0 bridgehead atoms. The Kier molecular flexibility index (Phi) is 4.65. The predicted molar refractivity (Wildman–Crippen MR) is 81.5 cm³/mol. The normalized spacial score (nSPS) is 12.7. The van der Waals surface area contributed by atoms with Gasteiger partial charge in [0.15, 0.2) is 0 Å². The Morgan fingerprint density at radius 1 is 1.29 bits per heavy atom. The van der Waals surface area contributed by atoms with Crippen LogP contribution in [0.5, 0.6) is 5.75 Å². The van der Waals surface area contributed by atoms with E-state index in [0.29, 0.717) is 0 Å². The highest BCUT2D eigenvalue weighted by Crippen LogP contribution is 2.39. The van der Waals surface area contributed by atoms with E-state index in [2.05, 4.69) is 49.3 Å². The van der Waals surface area contributed by atoms with E-state index in [1.54, 1.807) is 29.8 Å². The lowest BCUT2D eigenvalue weighted by molar-refractivity contribution is 0.416. The predicted octanol–water partition coefficient (Wildman–Crippen LogP) is 4.65. The molecule has 0 aliphatic carbocycles. The standard InChI is InChI=1S/C11H11Br2NOS2/c1-14-10(8-3-6(15-2)5-16-8)9-4-7(12)11(13)17-9/h3-5,10,14H,1-2H3. The van der Waals surface area contributed by atoms with Gasteiger partial charge in [-0.3, -0.25) is 0 Å². The smallest absolute Gasteiger partial charge is 0.129 e. The van der Waals surface area contributed by atoms with Gasteiger partial charge < -0.3 is 10.1 Å².